The molecule has 0 saturated carbocycles. The van der Waals surface area contributed by atoms with Gasteiger partial charge in [-0.25, -0.2) is 4.79 Å². The van der Waals surface area contributed by atoms with Crippen LogP contribution in [-0.4, -0.2) is 34.0 Å². The first-order chi connectivity index (χ1) is 9.25. The van der Waals surface area contributed by atoms with Gasteiger partial charge in [0.25, 0.3) is 5.91 Å². The number of carbonyl (C=O) groups excluding carboxylic acids is 1. The van der Waals surface area contributed by atoms with Gasteiger partial charge in [-0.15, -0.1) is 0 Å². The molecule has 0 atom stereocenters. The average molecular weight is 275 g/mol. The van der Waals surface area contributed by atoms with Gasteiger partial charge >= 0.3 is 5.97 Å². The van der Waals surface area contributed by atoms with E-state index < -0.39 is 5.97 Å². The van der Waals surface area contributed by atoms with Gasteiger partial charge in [0.2, 0.25) is 0 Å². The van der Waals surface area contributed by atoms with E-state index in [0.29, 0.717) is 17.7 Å². The minimum absolute atomic E-state index is 0.137. The molecule has 0 aromatic heterocycles. The van der Waals surface area contributed by atoms with Crippen molar-refractivity contribution in [2.75, 3.05) is 6.54 Å². The second kappa shape index (κ2) is 4.93. The van der Waals surface area contributed by atoms with E-state index in [1.165, 1.54) is 0 Å². The van der Waals surface area contributed by atoms with E-state index in [1.807, 2.05) is 19.9 Å². The van der Waals surface area contributed by atoms with E-state index in [2.05, 4.69) is 0 Å². The predicted molar refractivity (Wildman–Crippen MR) is 77.2 cm³/mol. The van der Waals surface area contributed by atoms with Crippen molar-refractivity contribution in [1.29, 1.82) is 0 Å². The minimum Gasteiger partial charge on any atom is -0.478 e. The maximum absolute atomic E-state index is 12.8. The number of carboxylic acids is 1. The Morgan fingerprint density at radius 1 is 1.15 bits per heavy atom. The summed E-state index contributed by atoms with van der Waals surface area (Å²) in [5.74, 6) is -1.20. The van der Waals surface area contributed by atoms with Gasteiger partial charge in [-0.3, -0.25) is 4.79 Å². The van der Waals surface area contributed by atoms with Crippen molar-refractivity contribution in [3.8, 4) is 0 Å². The molecule has 1 aliphatic rings. The number of hydrogen-bond acceptors (Lipinski definition) is 2. The quantitative estimate of drug-likeness (QED) is 0.902. The highest BCUT2D eigenvalue weighted by Gasteiger charge is 2.37. The molecule has 0 aliphatic carbocycles. The molecule has 108 valence electrons. The van der Waals surface area contributed by atoms with Crippen molar-refractivity contribution in [2.24, 2.45) is 0 Å². The van der Waals surface area contributed by atoms with E-state index >= 15 is 0 Å². The monoisotopic (exact) mass is 275 g/mol. The first-order valence-corrected chi connectivity index (χ1v) is 6.91. The average Bonchev–Trinajstić information content (AvgIpc) is 2.70. The van der Waals surface area contributed by atoms with Crippen molar-refractivity contribution in [3.63, 3.8) is 0 Å². The normalized spacial score (nSPS) is 17.3. The molecule has 1 heterocycles. The summed E-state index contributed by atoms with van der Waals surface area (Å²) in [7, 11) is 0. The van der Waals surface area contributed by atoms with Crippen molar-refractivity contribution < 1.29 is 14.7 Å². The van der Waals surface area contributed by atoms with Crippen LogP contribution in [0.5, 0.6) is 0 Å². The summed E-state index contributed by atoms with van der Waals surface area (Å²) >= 11 is 0. The van der Waals surface area contributed by atoms with Crippen molar-refractivity contribution in [1.82, 2.24) is 4.90 Å². The highest BCUT2D eigenvalue weighted by Crippen LogP contribution is 2.31. The summed E-state index contributed by atoms with van der Waals surface area (Å²) in [6, 6.07) is 3.57. The van der Waals surface area contributed by atoms with Gasteiger partial charge in [-0.2, -0.15) is 0 Å². The SMILES string of the molecule is Cc1ccc(C)c(C(=O)N2CCCC2(C)C)c1C(=O)O. The molecule has 20 heavy (non-hydrogen) atoms. The molecule has 1 aromatic carbocycles. The predicted octanol–water partition coefficient (Wildman–Crippen LogP) is 3.02. The number of carboxylic acid groups (broad SMARTS) is 1. The first-order valence-electron chi connectivity index (χ1n) is 6.91. The Morgan fingerprint density at radius 2 is 1.70 bits per heavy atom. The van der Waals surface area contributed by atoms with Crippen LogP contribution in [0.4, 0.5) is 0 Å². The third-order valence-electron chi connectivity index (χ3n) is 4.20. The number of aryl methyl sites for hydroxylation is 2. The number of hydrogen-bond donors (Lipinski definition) is 1. The molecule has 1 fully saturated rings. The Balaban J connectivity index is 2.55. The van der Waals surface area contributed by atoms with E-state index in [4.69, 9.17) is 0 Å². The van der Waals surface area contributed by atoms with Crippen LogP contribution < -0.4 is 0 Å². The topological polar surface area (TPSA) is 57.6 Å². The van der Waals surface area contributed by atoms with Crippen molar-refractivity contribution >= 4 is 11.9 Å². The minimum atomic E-state index is -1.04. The van der Waals surface area contributed by atoms with E-state index in [0.717, 1.165) is 18.4 Å². The van der Waals surface area contributed by atoms with Gasteiger partial charge in [0.1, 0.15) is 0 Å². The third-order valence-corrected chi connectivity index (χ3v) is 4.20. The number of amides is 1. The number of aromatic carboxylic acids is 1. The molecule has 1 amide bonds. The van der Waals surface area contributed by atoms with Gasteiger partial charge in [0, 0.05) is 12.1 Å². The summed E-state index contributed by atoms with van der Waals surface area (Å²) in [4.78, 5) is 26.1. The number of carbonyl (C=O) groups is 2. The zero-order valence-electron chi connectivity index (χ0n) is 12.5. The van der Waals surface area contributed by atoms with Crippen LogP contribution in [0.2, 0.25) is 0 Å². The molecular formula is C16H21NO3. The largest absolute Gasteiger partial charge is 0.478 e. The maximum atomic E-state index is 12.8. The highest BCUT2D eigenvalue weighted by atomic mass is 16.4. The number of nitrogens with zero attached hydrogens (tertiary/aromatic N) is 1. The Kier molecular flexibility index (Phi) is 3.59. The Morgan fingerprint density at radius 3 is 2.15 bits per heavy atom. The molecule has 0 unspecified atom stereocenters. The number of likely N-dealkylation sites (tertiary alicyclic amines) is 1. The molecule has 1 aromatic rings. The zero-order chi connectivity index (χ0) is 15.1. The van der Waals surface area contributed by atoms with Gasteiger partial charge in [-0.1, -0.05) is 12.1 Å². The first kappa shape index (κ1) is 14.6. The lowest BCUT2D eigenvalue weighted by Gasteiger charge is -2.32. The van der Waals surface area contributed by atoms with Crippen LogP contribution in [0.15, 0.2) is 12.1 Å². The summed E-state index contributed by atoms with van der Waals surface area (Å²) in [5.41, 5.74) is 1.62. The summed E-state index contributed by atoms with van der Waals surface area (Å²) in [5, 5.41) is 9.42. The molecule has 0 spiro atoms. The van der Waals surface area contributed by atoms with E-state index in [-0.39, 0.29) is 17.0 Å². The number of benzene rings is 1. The van der Waals surface area contributed by atoms with Gasteiger partial charge in [0.15, 0.2) is 0 Å². The molecule has 0 bridgehead atoms. The van der Waals surface area contributed by atoms with Gasteiger partial charge in [-0.05, 0) is 51.7 Å². The fourth-order valence-electron chi connectivity index (χ4n) is 2.98. The van der Waals surface area contributed by atoms with Gasteiger partial charge in [0.05, 0.1) is 11.1 Å². The molecule has 1 aliphatic heterocycles. The molecule has 1 N–H and O–H groups in total. The maximum Gasteiger partial charge on any atom is 0.336 e. The van der Waals surface area contributed by atoms with Crippen molar-refractivity contribution in [2.45, 2.75) is 46.1 Å². The second-order valence-electron chi connectivity index (χ2n) is 6.13. The Bertz CT molecular complexity index is 575. The molecule has 4 nitrogen and oxygen atoms in total. The van der Waals surface area contributed by atoms with Gasteiger partial charge < -0.3 is 10.0 Å². The van der Waals surface area contributed by atoms with Crippen LogP contribution in [0.25, 0.3) is 0 Å². The summed E-state index contributed by atoms with van der Waals surface area (Å²) < 4.78 is 0. The molecule has 2 rings (SSSR count). The van der Waals surface area contributed by atoms with Crippen molar-refractivity contribution in [3.05, 3.63) is 34.4 Å². The molecule has 4 heteroatoms. The lowest BCUT2D eigenvalue weighted by atomic mass is 9.94. The van der Waals surface area contributed by atoms with Crippen LogP contribution in [0, 0.1) is 13.8 Å². The van der Waals surface area contributed by atoms with E-state index in [9.17, 15) is 14.7 Å². The lowest BCUT2D eigenvalue weighted by Crippen LogP contribution is -2.43. The fraction of sp³-hybridized carbons (Fsp3) is 0.500. The Hall–Kier alpha value is -1.84. The molecular weight excluding hydrogens is 254 g/mol. The third kappa shape index (κ3) is 2.30. The number of rotatable bonds is 2. The second-order valence-corrected chi connectivity index (χ2v) is 6.13. The molecule has 0 radical (unpaired) electrons. The summed E-state index contributed by atoms with van der Waals surface area (Å²) in [6.07, 6.45) is 1.91. The zero-order valence-corrected chi connectivity index (χ0v) is 12.5. The van der Waals surface area contributed by atoms with Crippen LogP contribution >= 0.6 is 0 Å². The Labute approximate surface area is 119 Å². The molecule has 1 saturated heterocycles. The van der Waals surface area contributed by atoms with Crippen LogP contribution in [0.1, 0.15) is 58.5 Å². The lowest BCUT2D eigenvalue weighted by molar-refractivity contribution is 0.0623. The summed E-state index contributed by atoms with van der Waals surface area (Å²) in [6.45, 7) is 8.28. The highest BCUT2D eigenvalue weighted by molar-refractivity contribution is 6.07. The van der Waals surface area contributed by atoms with E-state index in [1.54, 1.807) is 24.8 Å². The fourth-order valence-corrected chi connectivity index (χ4v) is 2.98. The smallest absolute Gasteiger partial charge is 0.336 e. The standard InChI is InChI=1S/C16H21NO3/c1-10-6-7-11(2)13(15(19)20)12(10)14(18)17-9-5-8-16(17,3)4/h6-7H,5,8-9H2,1-4H3,(H,19,20). The van der Waals surface area contributed by atoms with Crippen LogP contribution in [-0.2, 0) is 0 Å². The van der Waals surface area contributed by atoms with Crippen LogP contribution in [0.3, 0.4) is 0 Å².